The van der Waals surface area contributed by atoms with E-state index in [4.69, 9.17) is 11.6 Å². The van der Waals surface area contributed by atoms with E-state index >= 15 is 0 Å². The van der Waals surface area contributed by atoms with E-state index in [1.807, 2.05) is 27.7 Å². The lowest BCUT2D eigenvalue weighted by molar-refractivity contribution is -0.140. The number of benzene rings is 1. The summed E-state index contributed by atoms with van der Waals surface area (Å²) >= 11 is 6.57. The number of carbonyl (C=O) groups excluding carboxylic acids is 3. The van der Waals surface area contributed by atoms with Gasteiger partial charge in [-0.25, -0.2) is 4.79 Å². The number of aromatic nitrogens is 4. The summed E-state index contributed by atoms with van der Waals surface area (Å²) < 4.78 is 5.98. The van der Waals surface area contributed by atoms with Crippen LogP contribution in [0.1, 0.15) is 52.7 Å². The van der Waals surface area contributed by atoms with E-state index in [0.717, 1.165) is 0 Å². The van der Waals surface area contributed by atoms with Gasteiger partial charge in [0, 0.05) is 29.6 Å². The molecule has 0 aliphatic carbocycles. The van der Waals surface area contributed by atoms with Crippen LogP contribution in [-0.2, 0) is 19.7 Å². The fraction of sp³-hybridized carbons (Fsp3) is 0.435. The minimum Gasteiger partial charge on any atom is -0.469 e. The molecular formula is C23H30ClN7O4. The number of nitrogens with zero attached hydrogens (tertiary/aromatic N) is 3. The van der Waals surface area contributed by atoms with Crippen LogP contribution < -0.4 is 16.0 Å². The number of hydrogen-bond acceptors (Lipinski definition) is 6. The number of halogens is 1. The maximum absolute atomic E-state index is 12.3. The minimum atomic E-state index is -0.491. The molecule has 1 aromatic carbocycles. The Morgan fingerprint density at radius 1 is 1.14 bits per heavy atom. The first kappa shape index (κ1) is 26.0. The molecule has 0 radical (unpaired) electrons. The highest BCUT2D eigenvalue weighted by Crippen LogP contribution is 2.34. The average Bonchev–Trinajstić information content (AvgIpc) is 3.34. The van der Waals surface area contributed by atoms with Crippen LogP contribution in [0.5, 0.6) is 0 Å². The number of methoxy groups -OCH3 is 1. The number of amides is 3. The van der Waals surface area contributed by atoms with Gasteiger partial charge >= 0.3 is 12.0 Å². The van der Waals surface area contributed by atoms with E-state index in [0.29, 0.717) is 52.0 Å². The molecule has 3 amide bonds. The summed E-state index contributed by atoms with van der Waals surface area (Å²) in [5.74, 6) is -0.147. The summed E-state index contributed by atoms with van der Waals surface area (Å²) in [6.45, 7) is 8.07. The van der Waals surface area contributed by atoms with Crippen LogP contribution in [0.25, 0.3) is 17.0 Å². The average molecular weight is 504 g/mol. The first-order chi connectivity index (χ1) is 16.5. The highest BCUT2D eigenvalue weighted by molar-refractivity contribution is 6.34. The Kier molecular flexibility index (Phi) is 8.00. The van der Waals surface area contributed by atoms with Crippen LogP contribution in [-0.4, -0.2) is 51.4 Å². The number of carbonyl (C=O) groups is 3. The summed E-state index contributed by atoms with van der Waals surface area (Å²) in [5.41, 5.74) is 2.48. The molecule has 4 N–H and O–H groups in total. The molecule has 0 bridgehead atoms. The second-order valence-electron chi connectivity index (χ2n) is 8.99. The normalized spacial score (nSPS) is 11.4. The largest absolute Gasteiger partial charge is 0.469 e. The van der Waals surface area contributed by atoms with Crippen molar-refractivity contribution in [1.29, 1.82) is 0 Å². The number of H-pyrrole nitrogens is 1. The number of rotatable bonds is 8. The maximum atomic E-state index is 12.3. The summed E-state index contributed by atoms with van der Waals surface area (Å²) in [6, 6.07) is 4.53. The van der Waals surface area contributed by atoms with Gasteiger partial charge in [0.05, 0.1) is 24.9 Å². The third-order valence-electron chi connectivity index (χ3n) is 5.08. The van der Waals surface area contributed by atoms with E-state index in [1.165, 1.54) is 11.7 Å². The molecule has 0 spiro atoms. The van der Waals surface area contributed by atoms with E-state index in [1.54, 1.807) is 18.2 Å². The van der Waals surface area contributed by atoms with E-state index in [2.05, 4.69) is 35.9 Å². The van der Waals surface area contributed by atoms with Crippen molar-refractivity contribution in [3.8, 4) is 11.4 Å². The molecule has 11 nitrogen and oxygen atoms in total. The Hall–Kier alpha value is -3.60. The van der Waals surface area contributed by atoms with Crippen molar-refractivity contribution in [2.24, 2.45) is 0 Å². The van der Waals surface area contributed by atoms with Crippen LogP contribution in [0.3, 0.4) is 0 Å². The Morgan fingerprint density at radius 3 is 2.51 bits per heavy atom. The Labute approximate surface area is 207 Å². The number of nitrogens with one attached hydrogen (secondary N) is 4. The molecule has 0 aliphatic rings. The molecule has 0 aliphatic heterocycles. The molecule has 0 saturated heterocycles. The molecule has 12 heteroatoms. The van der Waals surface area contributed by atoms with Crippen molar-refractivity contribution in [3.63, 3.8) is 0 Å². The van der Waals surface area contributed by atoms with Gasteiger partial charge in [0.1, 0.15) is 5.02 Å². The number of urea groups is 1. The number of hydrogen-bond donors (Lipinski definition) is 4. The highest BCUT2D eigenvalue weighted by Gasteiger charge is 2.26. The zero-order chi connectivity index (χ0) is 25.8. The Bertz CT molecular complexity index is 1240. The number of aromatic amines is 1. The van der Waals surface area contributed by atoms with E-state index < -0.39 is 12.0 Å². The van der Waals surface area contributed by atoms with Crippen LogP contribution in [0, 0.1) is 0 Å². The standard InChI is InChI=1S/C23H30ClN7O4/c1-6-7-16(32)27-15-9-8-13(26-22(34)25-11-10-17(33)35-5)12-14(15)20-28-21-18(24)19(23(2,3)4)29-31(21)30-20/h8-9,12H,6-7,10-11H2,1-5H3,(H,27,32)(H,28,30)(H2,25,26,34). The van der Waals surface area contributed by atoms with Crippen molar-refractivity contribution in [2.45, 2.75) is 52.4 Å². The monoisotopic (exact) mass is 503 g/mol. The molecular weight excluding hydrogens is 474 g/mol. The van der Waals surface area contributed by atoms with Crippen molar-refractivity contribution >= 4 is 46.5 Å². The molecule has 0 fully saturated rings. The van der Waals surface area contributed by atoms with Gasteiger partial charge in [-0.1, -0.05) is 39.3 Å². The number of fused-ring (bicyclic) bond motifs is 1. The Balaban J connectivity index is 1.91. The summed E-state index contributed by atoms with van der Waals surface area (Å²) in [5, 5.41) is 17.7. The molecule has 2 heterocycles. The van der Waals surface area contributed by atoms with Crippen LogP contribution in [0.2, 0.25) is 5.02 Å². The SMILES string of the molecule is CCCC(=O)Nc1ccc(NC(=O)NCCC(=O)OC)cc1-c1nn2nc(C(C)(C)C)c(Cl)c2[nH]1. The molecule has 3 aromatic rings. The highest BCUT2D eigenvalue weighted by atomic mass is 35.5. The van der Waals surface area contributed by atoms with Gasteiger partial charge in [0.25, 0.3) is 0 Å². The lowest BCUT2D eigenvalue weighted by Gasteiger charge is -2.15. The van der Waals surface area contributed by atoms with Crippen LogP contribution in [0.15, 0.2) is 18.2 Å². The first-order valence-corrected chi connectivity index (χ1v) is 11.6. The van der Waals surface area contributed by atoms with Gasteiger partial charge in [-0.15, -0.1) is 9.73 Å². The Morgan fingerprint density at radius 2 is 1.89 bits per heavy atom. The van der Waals surface area contributed by atoms with Crippen molar-refractivity contribution in [3.05, 3.63) is 28.9 Å². The van der Waals surface area contributed by atoms with Crippen molar-refractivity contribution in [1.82, 2.24) is 25.1 Å². The second-order valence-corrected chi connectivity index (χ2v) is 9.37. The molecule has 0 unspecified atom stereocenters. The summed E-state index contributed by atoms with van der Waals surface area (Å²) in [7, 11) is 1.29. The first-order valence-electron chi connectivity index (χ1n) is 11.2. The van der Waals surface area contributed by atoms with Crippen LogP contribution >= 0.6 is 11.6 Å². The van der Waals surface area contributed by atoms with Crippen LogP contribution in [0.4, 0.5) is 16.2 Å². The van der Waals surface area contributed by atoms with Gasteiger partial charge in [-0.3, -0.25) is 9.59 Å². The minimum absolute atomic E-state index is 0.0566. The predicted molar refractivity (Wildman–Crippen MR) is 134 cm³/mol. The second kappa shape index (κ2) is 10.8. The molecule has 0 saturated carbocycles. The molecule has 0 atom stereocenters. The summed E-state index contributed by atoms with van der Waals surface area (Å²) in [6.07, 6.45) is 1.12. The van der Waals surface area contributed by atoms with E-state index in [-0.39, 0.29) is 24.3 Å². The van der Waals surface area contributed by atoms with Gasteiger partial charge in [-0.2, -0.15) is 5.10 Å². The molecule has 3 rings (SSSR count). The lowest BCUT2D eigenvalue weighted by atomic mass is 9.92. The van der Waals surface area contributed by atoms with Gasteiger partial charge < -0.3 is 25.7 Å². The third-order valence-corrected chi connectivity index (χ3v) is 5.44. The van der Waals surface area contributed by atoms with E-state index in [9.17, 15) is 14.4 Å². The number of ether oxygens (including phenoxy) is 1. The molecule has 35 heavy (non-hydrogen) atoms. The fourth-order valence-corrected chi connectivity index (χ4v) is 3.76. The topological polar surface area (TPSA) is 143 Å². The zero-order valence-corrected chi connectivity index (χ0v) is 21.2. The number of anilines is 2. The van der Waals surface area contributed by atoms with Gasteiger partial charge in [-0.05, 0) is 24.6 Å². The number of esters is 1. The smallest absolute Gasteiger partial charge is 0.319 e. The summed E-state index contributed by atoms with van der Waals surface area (Å²) in [4.78, 5) is 38.9. The third kappa shape index (κ3) is 6.30. The molecule has 188 valence electrons. The zero-order valence-electron chi connectivity index (χ0n) is 20.4. The van der Waals surface area contributed by atoms with Gasteiger partial charge in [0.15, 0.2) is 11.5 Å². The van der Waals surface area contributed by atoms with Gasteiger partial charge in [0.2, 0.25) is 5.91 Å². The predicted octanol–water partition coefficient (Wildman–Crippen LogP) is 4.10. The lowest BCUT2D eigenvalue weighted by Crippen LogP contribution is -2.30. The van der Waals surface area contributed by atoms with Crippen molar-refractivity contribution < 1.29 is 19.1 Å². The maximum Gasteiger partial charge on any atom is 0.319 e. The fourth-order valence-electron chi connectivity index (χ4n) is 3.32. The van der Waals surface area contributed by atoms with Crippen molar-refractivity contribution in [2.75, 3.05) is 24.3 Å². The quantitative estimate of drug-likeness (QED) is 0.341. The molecule has 2 aromatic heterocycles.